The molecule has 0 fully saturated rings. The van der Waals surface area contributed by atoms with E-state index in [9.17, 15) is 0 Å². The van der Waals surface area contributed by atoms with Crippen LogP contribution in [0.25, 0.3) is 0 Å². The number of rotatable bonds is 6. The van der Waals surface area contributed by atoms with Crippen LogP contribution in [-0.4, -0.2) is 17.3 Å². The lowest BCUT2D eigenvalue weighted by Gasteiger charge is -2.09. The highest BCUT2D eigenvalue weighted by Crippen LogP contribution is 2.16. The fraction of sp³-hybridized carbons (Fsp3) is 1.00. The van der Waals surface area contributed by atoms with Gasteiger partial charge in [-0.15, -0.1) is 0 Å². The Hall–Kier alpha value is 0.660. The maximum atomic E-state index is 5.31. The molecule has 1 atom stereocenters. The molecule has 2 N–H and O–H groups in total. The van der Waals surface area contributed by atoms with Crippen LogP contribution in [0.1, 0.15) is 26.2 Å². The van der Waals surface area contributed by atoms with Crippen LogP contribution in [-0.2, 0) is 0 Å². The van der Waals surface area contributed by atoms with Crippen molar-refractivity contribution >= 4 is 23.7 Å². The summed E-state index contributed by atoms with van der Waals surface area (Å²) < 4.78 is 0. The highest BCUT2D eigenvalue weighted by atomic mass is 32.2. The van der Waals surface area contributed by atoms with Gasteiger partial charge in [-0.25, -0.2) is 0 Å². The molecule has 0 aromatic carbocycles. The Morgan fingerprint density at radius 1 is 1.50 bits per heavy atom. The Morgan fingerprint density at radius 3 is 2.60 bits per heavy atom. The van der Waals surface area contributed by atoms with Gasteiger partial charge in [-0.2, -0.15) is 11.8 Å². The molecule has 1 unspecified atom stereocenters. The van der Waals surface area contributed by atoms with Gasteiger partial charge in [-0.05, 0) is 25.5 Å². The van der Waals surface area contributed by atoms with Crippen LogP contribution in [0.4, 0.5) is 0 Å². The summed E-state index contributed by atoms with van der Waals surface area (Å²) in [6.07, 6.45) is 6.06. The number of hydrogen-bond acceptors (Lipinski definition) is 3. The summed E-state index contributed by atoms with van der Waals surface area (Å²) in [5.41, 5.74) is 0. The van der Waals surface area contributed by atoms with Crippen LogP contribution in [0.2, 0.25) is 0 Å². The number of nitrogens with two attached hydrogens (primary N) is 1. The zero-order chi connectivity index (χ0) is 7.82. The first-order valence-corrected chi connectivity index (χ1v) is 6.03. The summed E-state index contributed by atoms with van der Waals surface area (Å²) in [5, 5.41) is 6.16. The second-order valence-corrected chi connectivity index (χ2v) is 4.16. The summed E-state index contributed by atoms with van der Waals surface area (Å²) in [6.45, 7) is 2.25. The third kappa shape index (κ3) is 5.45. The van der Waals surface area contributed by atoms with Crippen LogP contribution in [0, 0.1) is 0 Å². The van der Waals surface area contributed by atoms with Gasteiger partial charge in [0.05, 0.1) is 0 Å². The van der Waals surface area contributed by atoms with E-state index in [1.165, 1.54) is 31.2 Å². The third-order valence-corrected chi connectivity index (χ3v) is 3.34. The molecular weight excluding hydrogens is 162 g/mol. The molecule has 0 radical (unpaired) electrons. The summed E-state index contributed by atoms with van der Waals surface area (Å²) in [6, 6.07) is 0. The van der Waals surface area contributed by atoms with Gasteiger partial charge in [0.25, 0.3) is 0 Å². The summed E-state index contributed by atoms with van der Waals surface area (Å²) in [7, 11) is 0. The predicted molar refractivity (Wildman–Crippen MR) is 53.5 cm³/mol. The van der Waals surface area contributed by atoms with Crippen LogP contribution in [0.3, 0.4) is 0 Å². The Balaban J connectivity index is 3.09. The van der Waals surface area contributed by atoms with E-state index >= 15 is 0 Å². The van der Waals surface area contributed by atoms with Gasteiger partial charge >= 0.3 is 0 Å². The molecule has 0 rings (SSSR count). The second kappa shape index (κ2) is 7.76. The standard InChI is InChI=1S/C7H17NS2/c1-3-7(9-2)5-4-6-10-8/h7H,3-6,8H2,1-2H3. The van der Waals surface area contributed by atoms with Crippen molar-refractivity contribution in [3.8, 4) is 0 Å². The normalized spacial score (nSPS) is 13.5. The molecule has 0 aliphatic carbocycles. The summed E-state index contributed by atoms with van der Waals surface area (Å²) in [4.78, 5) is 0. The molecule has 1 nitrogen and oxygen atoms in total. The van der Waals surface area contributed by atoms with Gasteiger partial charge in [-0.1, -0.05) is 18.9 Å². The fourth-order valence-electron chi connectivity index (χ4n) is 0.883. The van der Waals surface area contributed by atoms with Crippen molar-refractivity contribution in [2.24, 2.45) is 5.14 Å². The molecule has 3 heteroatoms. The van der Waals surface area contributed by atoms with Crippen molar-refractivity contribution in [3.05, 3.63) is 0 Å². The van der Waals surface area contributed by atoms with Crippen LogP contribution >= 0.6 is 23.7 Å². The van der Waals surface area contributed by atoms with E-state index in [2.05, 4.69) is 13.2 Å². The molecular formula is C7H17NS2. The van der Waals surface area contributed by atoms with Crippen LogP contribution in [0.15, 0.2) is 0 Å². The van der Waals surface area contributed by atoms with Gasteiger partial charge in [0.15, 0.2) is 0 Å². The zero-order valence-corrected chi connectivity index (χ0v) is 8.43. The molecule has 0 aromatic heterocycles. The van der Waals surface area contributed by atoms with Crippen LogP contribution in [0.5, 0.6) is 0 Å². The van der Waals surface area contributed by atoms with E-state index in [0.717, 1.165) is 11.0 Å². The Bertz CT molecular complexity index is 64.6. The quantitative estimate of drug-likeness (QED) is 0.501. The topological polar surface area (TPSA) is 26.0 Å². The fourth-order valence-corrected chi connectivity index (χ4v) is 1.95. The largest absolute Gasteiger partial charge is 0.278 e. The first-order valence-electron chi connectivity index (χ1n) is 3.69. The molecule has 62 valence electrons. The minimum absolute atomic E-state index is 0.854. The Kier molecular flexibility index (Phi) is 8.28. The van der Waals surface area contributed by atoms with Crippen molar-refractivity contribution < 1.29 is 0 Å². The van der Waals surface area contributed by atoms with E-state index in [4.69, 9.17) is 5.14 Å². The molecule has 0 aliphatic rings. The predicted octanol–water partition coefficient (Wildman–Crippen LogP) is 2.52. The van der Waals surface area contributed by atoms with E-state index in [1.807, 2.05) is 11.8 Å². The Labute approximate surface area is 72.7 Å². The smallest absolute Gasteiger partial charge is 0.00768 e. The van der Waals surface area contributed by atoms with Crippen LogP contribution < -0.4 is 5.14 Å². The van der Waals surface area contributed by atoms with E-state index in [1.54, 1.807) is 0 Å². The molecule has 10 heavy (non-hydrogen) atoms. The van der Waals surface area contributed by atoms with Crippen molar-refractivity contribution in [1.82, 2.24) is 0 Å². The molecule has 0 spiro atoms. The second-order valence-electron chi connectivity index (χ2n) is 2.28. The highest BCUT2D eigenvalue weighted by Gasteiger charge is 2.01. The van der Waals surface area contributed by atoms with Gasteiger partial charge < -0.3 is 0 Å². The molecule has 0 aromatic rings. The van der Waals surface area contributed by atoms with Crippen molar-refractivity contribution in [2.75, 3.05) is 12.0 Å². The minimum atomic E-state index is 0.854. The average molecular weight is 179 g/mol. The molecule has 0 heterocycles. The minimum Gasteiger partial charge on any atom is -0.278 e. The third-order valence-electron chi connectivity index (χ3n) is 1.58. The van der Waals surface area contributed by atoms with E-state index in [-0.39, 0.29) is 0 Å². The maximum absolute atomic E-state index is 5.31. The first kappa shape index (κ1) is 10.7. The molecule has 0 saturated heterocycles. The van der Waals surface area contributed by atoms with Crippen molar-refractivity contribution in [2.45, 2.75) is 31.4 Å². The SMILES string of the molecule is CCC(CCCSN)SC. The highest BCUT2D eigenvalue weighted by molar-refractivity contribution is 7.99. The van der Waals surface area contributed by atoms with Gasteiger partial charge in [0.1, 0.15) is 0 Å². The van der Waals surface area contributed by atoms with E-state index < -0.39 is 0 Å². The van der Waals surface area contributed by atoms with Gasteiger partial charge in [0, 0.05) is 11.0 Å². The number of hydrogen-bond donors (Lipinski definition) is 1. The summed E-state index contributed by atoms with van der Waals surface area (Å²) >= 11 is 3.43. The van der Waals surface area contributed by atoms with Crippen molar-refractivity contribution in [1.29, 1.82) is 0 Å². The molecule has 0 aliphatic heterocycles. The monoisotopic (exact) mass is 179 g/mol. The average Bonchev–Trinajstić information content (AvgIpc) is 1.99. The zero-order valence-electron chi connectivity index (χ0n) is 6.80. The first-order chi connectivity index (χ1) is 4.85. The van der Waals surface area contributed by atoms with E-state index in [0.29, 0.717) is 0 Å². The maximum Gasteiger partial charge on any atom is 0.00768 e. The summed E-state index contributed by atoms with van der Waals surface area (Å²) in [5.74, 6) is 1.11. The Morgan fingerprint density at radius 2 is 2.20 bits per heavy atom. The number of thioether (sulfide) groups is 1. The lowest BCUT2D eigenvalue weighted by Crippen LogP contribution is -2.00. The van der Waals surface area contributed by atoms with Gasteiger partial charge in [-0.3, -0.25) is 5.14 Å². The lowest BCUT2D eigenvalue weighted by atomic mass is 10.2. The van der Waals surface area contributed by atoms with Crippen molar-refractivity contribution in [3.63, 3.8) is 0 Å². The molecule has 0 amide bonds. The van der Waals surface area contributed by atoms with Gasteiger partial charge in [0.2, 0.25) is 0 Å². The molecule has 0 saturated carbocycles. The molecule has 0 bridgehead atoms. The lowest BCUT2D eigenvalue weighted by molar-refractivity contribution is 0.726.